The number of nitrogens with one attached hydrogen (secondary N) is 1. The molecule has 3 heterocycles. The number of hydrogen-bond acceptors (Lipinski definition) is 6. The summed E-state index contributed by atoms with van der Waals surface area (Å²) in [6.45, 7) is 3.22. The van der Waals surface area contributed by atoms with Crippen LogP contribution < -0.4 is 20.7 Å². The van der Waals surface area contributed by atoms with Gasteiger partial charge in [-0.25, -0.2) is 4.98 Å². The summed E-state index contributed by atoms with van der Waals surface area (Å²) in [5.41, 5.74) is 9.36. The van der Waals surface area contributed by atoms with Crippen molar-refractivity contribution in [3.8, 4) is 5.75 Å². The Morgan fingerprint density at radius 1 is 1.14 bits per heavy atom. The molecule has 6 heteroatoms. The normalized spacial score (nSPS) is 17.2. The molecule has 0 bridgehead atoms. The predicted molar refractivity (Wildman–Crippen MR) is 85.7 cm³/mol. The van der Waals surface area contributed by atoms with Crippen molar-refractivity contribution in [2.24, 2.45) is 0 Å². The highest BCUT2D eigenvalue weighted by Gasteiger charge is 2.23. The Morgan fingerprint density at radius 3 is 2.95 bits per heavy atom. The second-order valence-corrected chi connectivity index (χ2v) is 5.55. The quantitative estimate of drug-likeness (QED) is 0.826. The van der Waals surface area contributed by atoms with Crippen LogP contribution in [0.1, 0.15) is 11.3 Å². The van der Waals surface area contributed by atoms with Gasteiger partial charge in [0.2, 0.25) is 5.95 Å². The summed E-state index contributed by atoms with van der Waals surface area (Å²) < 4.78 is 5.70. The van der Waals surface area contributed by atoms with E-state index in [1.165, 1.54) is 0 Å². The lowest BCUT2D eigenvalue weighted by atomic mass is 10.1. The SMILES string of the molecule is Nc1nc(N2CCOc3ccccc32)nc2c1CCNCC2. The molecule has 0 atom stereocenters. The van der Waals surface area contributed by atoms with E-state index in [2.05, 4.69) is 15.2 Å². The van der Waals surface area contributed by atoms with Crippen LogP contribution in [-0.2, 0) is 12.8 Å². The Balaban J connectivity index is 1.78. The molecule has 0 unspecified atom stereocenters. The lowest BCUT2D eigenvalue weighted by Crippen LogP contribution is -2.30. The number of ether oxygens (including phenoxy) is 1. The standard InChI is InChI=1S/C16H19N5O/c17-15-11-5-7-18-8-6-12(11)19-16(20-15)21-9-10-22-14-4-2-1-3-13(14)21/h1-4,18H,5-10H2,(H2,17,19,20). The maximum Gasteiger partial charge on any atom is 0.232 e. The van der Waals surface area contributed by atoms with Gasteiger partial charge in [0, 0.05) is 18.5 Å². The number of rotatable bonds is 1. The van der Waals surface area contributed by atoms with E-state index in [-0.39, 0.29) is 0 Å². The first-order valence-corrected chi connectivity index (χ1v) is 7.68. The number of para-hydroxylation sites is 2. The zero-order valence-electron chi connectivity index (χ0n) is 12.4. The Hall–Kier alpha value is -2.34. The highest BCUT2D eigenvalue weighted by atomic mass is 16.5. The first-order valence-electron chi connectivity index (χ1n) is 7.68. The summed E-state index contributed by atoms with van der Waals surface area (Å²) in [6, 6.07) is 7.97. The number of fused-ring (bicyclic) bond motifs is 2. The van der Waals surface area contributed by atoms with Crippen LogP contribution >= 0.6 is 0 Å². The molecule has 4 rings (SSSR count). The Bertz CT molecular complexity index is 703. The topological polar surface area (TPSA) is 76.3 Å². The molecular weight excluding hydrogens is 278 g/mol. The third kappa shape index (κ3) is 2.25. The summed E-state index contributed by atoms with van der Waals surface area (Å²) in [6.07, 6.45) is 1.78. The van der Waals surface area contributed by atoms with Crippen molar-refractivity contribution < 1.29 is 4.74 Å². The van der Waals surface area contributed by atoms with Crippen LogP contribution in [0.3, 0.4) is 0 Å². The minimum Gasteiger partial charge on any atom is -0.490 e. The summed E-state index contributed by atoms with van der Waals surface area (Å²) in [5, 5.41) is 3.38. The van der Waals surface area contributed by atoms with Gasteiger partial charge < -0.3 is 20.7 Å². The first-order chi connectivity index (χ1) is 10.8. The first kappa shape index (κ1) is 13.3. The molecule has 0 saturated heterocycles. The van der Waals surface area contributed by atoms with Crippen molar-refractivity contribution >= 4 is 17.5 Å². The summed E-state index contributed by atoms with van der Waals surface area (Å²) in [4.78, 5) is 11.4. The van der Waals surface area contributed by atoms with Crippen LogP contribution in [0.5, 0.6) is 5.75 Å². The third-order valence-corrected chi connectivity index (χ3v) is 4.17. The molecule has 0 radical (unpaired) electrons. The van der Waals surface area contributed by atoms with E-state index in [1.807, 2.05) is 24.3 Å². The number of nitrogens with two attached hydrogens (primary N) is 1. The molecule has 2 aliphatic rings. The number of nitrogen functional groups attached to an aromatic ring is 1. The second-order valence-electron chi connectivity index (χ2n) is 5.55. The van der Waals surface area contributed by atoms with Crippen molar-refractivity contribution in [2.45, 2.75) is 12.8 Å². The molecule has 1 aromatic heterocycles. The van der Waals surface area contributed by atoms with Gasteiger partial charge in [0.05, 0.1) is 17.9 Å². The number of anilines is 3. The highest BCUT2D eigenvalue weighted by Crippen LogP contribution is 2.35. The van der Waals surface area contributed by atoms with Crippen LogP contribution in [0.25, 0.3) is 0 Å². The van der Waals surface area contributed by atoms with Crippen LogP contribution in [0.4, 0.5) is 17.5 Å². The Morgan fingerprint density at radius 2 is 2.00 bits per heavy atom. The minimum absolute atomic E-state index is 0.604. The molecule has 6 nitrogen and oxygen atoms in total. The molecule has 0 spiro atoms. The number of benzene rings is 1. The summed E-state index contributed by atoms with van der Waals surface area (Å²) in [5.74, 6) is 2.15. The molecule has 114 valence electrons. The highest BCUT2D eigenvalue weighted by molar-refractivity contribution is 5.67. The van der Waals surface area contributed by atoms with Gasteiger partial charge in [0.15, 0.2) is 0 Å². The third-order valence-electron chi connectivity index (χ3n) is 4.17. The van der Waals surface area contributed by atoms with Crippen molar-refractivity contribution in [3.05, 3.63) is 35.5 Å². The maximum atomic E-state index is 6.20. The van der Waals surface area contributed by atoms with Crippen molar-refractivity contribution in [1.29, 1.82) is 0 Å². The smallest absolute Gasteiger partial charge is 0.232 e. The van der Waals surface area contributed by atoms with Crippen LogP contribution in [0, 0.1) is 0 Å². The van der Waals surface area contributed by atoms with E-state index in [9.17, 15) is 0 Å². The molecule has 3 N–H and O–H groups in total. The number of aromatic nitrogens is 2. The zero-order valence-corrected chi connectivity index (χ0v) is 12.4. The molecule has 2 aliphatic heterocycles. The van der Waals surface area contributed by atoms with Crippen LogP contribution in [0.2, 0.25) is 0 Å². The second kappa shape index (κ2) is 5.46. The van der Waals surface area contributed by atoms with E-state index in [0.29, 0.717) is 18.4 Å². The minimum atomic E-state index is 0.604. The molecule has 0 fully saturated rings. The number of hydrogen-bond donors (Lipinski definition) is 2. The van der Waals surface area contributed by atoms with E-state index in [1.54, 1.807) is 0 Å². The van der Waals surface area contributed by atoms with Gasteiger partial charge in [-0.1, -0.05) is 12.1 Å². The van der Waals surface area contributed by atoms with Gasteiger partial charge in [-0.15, -0.1) is 0 Å². The lowest BCUT2D eigenvalue weighted by Gasteiger charge is -2.30. The lowest BCUT2D eigenvalue weighted by molar-refractivity contribution is 0.313. The average Bonchev–Trinajstić information content (AvgIpc) is 2.80. The largest absolute Gasteiger partial charge is 0.490 e. The fourth-order valence-corrected chi connectivity index (χ4v) is 3.06. The summed E-state index contributed by atoms with van der Waals surface area (Å²) in [7, 11) is 0. The molecule has 2 aromatic rings. The van der Waals surface area contributed by atoms with Gasteiger partial charge in [0.25, 0.3) is 0 Å². The molecule has 0 aliphatic carbocycles. The van der Waals surface area contributed by atoms with Gasteiger partial charge in [-0.2, -0.15) is 4.98 Å². The van der Waals surface area contributed by atoms with Gasteiger partial charge in [-0.3, -0.25) is 0 Å². The molecule has 0 saturated carbocycles. The average molecular weight is 297 g/mol. The Kier molecular flexibility index (Phi) is 3.31. The van der Waals surface area contributed by atoms with E-state index in [4.69, 9.17) is 15.5 Å². The number of nitrogens with zero attached hydrogens (tertiary/aromatic N) is 3. The predicted octanol–water partition coefficient (Wildman–Crippen LogP) is 1.28. The summed E-state index contributed by atoms with van der Waals surface area (Å²) >= 11 is 0. The fraction of sp³-hybridized carbons (Fsp3) is 0.375. The van der Waals surface area contributed by atoms with Crippen molar-refractivity contribution in [2.75, 3.05) is 36.9 Å². The van der Waals surface area contributed by atoms with E-state index >= 15 is 0 Å². The van der Waals surface area contributed by atoms with Crippen molar-refractivity contribution in [3.63, 3.8) is 0 Å². The Labute approximate surface area is 129 Å². The van der Waals surface area contributed by atoms with Crippen molar-refractivity contribution in [1.82, 2.24) is 15.3 Å². The van der Waals surface area contributed by atoms with Crippen LogP contribution in [0.15, 0.2) is 24.3 Å². The molecule has 22 heavy (non-hydrogen) atoms. The van der Waals surface area contributed by atoms with Gasteiger partial charge in [0.1, 0.15) is 18.2 Å². The molecule has 1 aromatic carbocycles. The monoisotopic (exact) mass is 297 g/mol. The molecular formula is C16H19N5O. The molecule has 0 amide bonds. The van der Waals surface area contributed by atoms with Gasteiger partial charge >= 0.3 is 0 Å². The fourth-order valence-electron chi connectivity index (χ4n) is 3.06. The van der Waals surface area contributed by atoms with Gasteiger partial charge in [-0.05, 0) is 25.1 Å². The zero-order chi connectivity index (χ0) is 14.9. The maximum absolute atomic E-state index is 6.20. The van der Waals surface area contributed by atoms with E-state index in [0.717, 1.165) is 55.2 Å². The van der Waals surface area contributed by atoms with Crippen LogP contribution in [-0.4, -0.2) is 36.2 Å². The van der Waals surface area contributed by atoms with E-state index < -0.39 is 0 Å².